The van der Waals surface area contributed by atoms with Gasteiger partial charge in [-0.25, -0.2) is 8.42 Å². The molecule has 0 radical (unpaired) electrons. The highest BCUT2D eigenvalue weighted by atomic mass is 35.5. The summed E-state index contributed by atoms with van der Waals surface area (Å²) in [6.45, 7) is 3.75. The number of sulfonamides is 1. The average Bonchev–Trinajstić information content (AvgIpc) is 2.72. The van der Waals surface area contributed by atoms with Crippen LogP contribution in [0.1, 0.15) is 25.8 Å². The summed E-state index contributed by atoms with van der Waals surface area (Å²) >= 11 is 6.20. The lowest BCUT2D eigenvalue weighted by Crippen LogP contribution is -2.52. The molecule has 0 aliphatic rings. The third-order valence-corrected chi connectivity index (χ3v) is 6.18. The van der Waals surface area contributed by atoms with Gasteiger partial charge in [-0.2, -0.15) is 0 Å². The van der Waals surface area contributed by atoms with E-state index in [1.165, 1.54) is 4.90 Å². The first-order valence-corrected chi connectivity index (χ1v) is 12.2. The number of rotatable bonds is 10. The maximum absolute atomic E-state index is 13.4. The van der Waals surface area contributed by atoms with E-state index in [0.29, 0.717) is 13.0 Å². The van der Waals surface area contributed by atoms with Crippen LogP contribution in [-0.4, -0.2) is 50.5 Å². The van der Waals surface area contributed by atoms with Crippen molar-refractivity contribution in [2.75, 3.05) is 23.7 Å². The molecule has 0 saturated heterocycles. The van der Waals surface area contributed by atoms with E-state index in [-0.39, 0.29) is 23.2 Å². The number of likely N-dealkylation sites (N-methyl/N-ethyl adjacent to an activating group) is 1. The SMILES string of the molecule is CCNC(=O)C(CC)N(Cc1ccccc1)C(=O)CN(c1ccccc1Cl)S(C)(=O)=O. The number of hydrogen-bond acceptors (Lipinski definition) is 4. The van der Waals surface area contributed by atoms with E-state index in [0.717, 1.165) is 16.1 Å². The Kier molecular flexibility index (Phi) is 8.88. The third kappa shape index (κ3) is 6.70. The molecule has 1 N–H and O–H groups in total. The highest BCUT2D eigenvalue weighted by Crippen LogP contribution is 2.27. The Morgan fingerprint density at radius 3 is 2.19 bits per heavy atom. The number of carbonyl (C=O) groups is 2. The Morgan fingerprint density at radius 2 is 1.65 bits per heavy atom. The van der Waals surface area contributed by atoms with Crippen LogP contribution in [0.2, 0.25) is 5.02 Å². The lowest BCUT2D eigenvalue weighted by Gasteiger charge is -2.33. The highest BCUT2D eigenvalue weighted by molar-refractivity contribution is 7.92. The Morgan fingerprint density at radius 1 is 1.03 bits per heavy atom. The molecule has 0 bridgehead atoms. The molecule has 1 atom stereocenters. The molecule has 168 valence electrons. The predicted octanol–water partition coefficient (Wildman–Crippen LogP) is 3.05. The number of hydrogen-bond donors (Lipinski definition) is 1. The topological polar surface area (TPSA) is 86.8 Å². The largest absolute Gasteiger partial charge is 0.355 e. The molecule has 0 fully saturated rings. The minimum absolute atomic E-state index is 0.176. The van der Waals surface area contributed by atoms with Gasteiger partial charge in [0.15, 0.2) is 0 Å². The van der Waals surface area contributed by atoms with Gasteiger partial charge in [0.2, 0.25) is 21.8 Å². The average molecular weight is 466 g/mol. The zero-order chi connectivity index (χ0) is 23.0. The molecule has 2 aromatic rings. The van der Waals surface area contributed by atoms with Crippen LogP contribution < -0.4 is 9.62 Å². The van der Waals surface area contributed by atoms with Crippen molar-refractivity contribution >= 4 is 39.1 Å². The molecular weight excluding hydrogens is 438 g/mol. The van der Waals surface area contributed by atoms with Gasteiger partial charge in [0.05, 0.1) is 17.0 Å². The van der Waals surface area contributed by atoms with E-state index >= 15 is 0 Å². The fourth-order valence-electron chi connectivity index (χ4n) is 3.24. The third-order valence-electron chi connectivity index (χ3n) is 4.73. The zero-order valence-electron chi connectivity index (χ0n) is 17.9. The molecule has 0 spiro atoms. The van der Waals surface area contributed by atoms with Gasteiger partial charge in [-0.05, 0) is 31.0 Å². The lowest BCUT2D eigenvalue weighted by molar-refractivity contribution is -0.140. The van der Waals surface area contributed by atoms with E-state index < -0.39 is 28.5 Å². The van der Waals surface area contributed by atoms with Gasteiger partial charge < -0.3 is 10.2 Å². The molecule has 2 aromatic carbocycles. The molecule has 0 aromatic heterocycles. The van der Waals surface area contributed by atoms with Crippen molar-refractivity contribution in [2.24, 2.45) is 0 Å². The number of para-hydroxylation sites is 1. The summed E-state index contributed by atoms with van der Waals surface area (Å²) in [6.07, 6.45) is 1.40. The second kappa shape index (κ2) is 11.2. The monoisotopic (exact) mass is 465 g/mol. The standard InChI is InChI=1S/C22H28ClN3O4S/c1-4-19(22(28)24-5-2)25(15-17-11-7-6-8-12-17)21(27)16-26(31(3,29)30)20-14-10-9-13-18(20)23/h6-14,19H,4-5,15-16H2,1-3H3,(H,24,28). The zero-order valence-corrected chi connectivity index (χ0v) is 19.5. The quantitative estimate of drug-likeness (QED) is 0.584. The minimum Gasteiger partial charge on any atom is -0.355 e. The number of halogens is 1. The van der Waals surface area contributed by atoms with Crippen LogP contribution in [0.4, 0.5) is 5.69 Å². The van der Waals surface area contributed by atoms with Crippen LogP contribution in [0.25, 0.3) is 0 Å². The molecule has 9 heteroatoms. The maximum atomic E-state index is 13.4. The number of nitrogens with one attached hydrogen (secondary N) is 1. The molecule has 2 amide bonds. The van der Waals surface area contributed by atoms with Crippen molar-refractivity contribution in [3.05, 3.63) is 65.2 Å². The van der Waals surface area contributed by atoms with E-state index in [9.17, 15) is 18.0 Å². The van der Waals surface area contributed by atoms with Crippen LogP contribution in [0.5, 0.6) is 0 Å². The fourth-order valence-corrected chi connectivity index (χ4v) is 4.39. The number of amides is 2. The van der Waals surface area contributed by atoms with Crippen molar-refractivity contribution in [3.8, 4) is 0 Å². The van der Waals surface area contributed by atoms with Gasteiger partial charge in [0.1, 0.15) is 12.6 Å². The summed E-state index contributed by atoms with van der Waals surface area (Å²) in [7, 11) is -3.80. The number of carbonyl (C=O) groups excluding carboxylic acids is 2. The molecule has 1 unspecified atom stereocenters. The van der Waals surface area contributed by atoms with Gasteiger partial charge >= 0.3 is 0 Å². The summed E-state index contributed by atoms with van der Waals surface area (Å²) in [5, 5.41) is 2.97. The summed E-state index contributed by atoms with van der Waals surface area (Å²) in [6, 6.07) is 15.0. The number of benzene rings is 2. The van der Waals surface area contributed by atoms with Crippen LogP contribution in [-0.2, 0) is 26.2 Å². The molecular formula is C22H28ClN3O4S. The van der Waals surface area contributed by atoms with Crippen LogP contribution in [0.15, 0.2) is 54.6 Å². The van der Waals surface area contributed by atoms with Crippen molar-refractivity contribution in [2.45, 2.75) is 32.9 Å². The van der Waals surface area contributed by atoms with E-state index in [1.54, 1.807) is 31.2 Å². The second-order valence-electron chi connectivity index (χ2n) is 7.05. The Labute approximate surface area is 189 Å². The van der Waals surface area contributed by atoms with Gasteiger partial charge in [0, 0.05) is 13.1 Å². The Balaban J connectivity index is 2.42. The fraction of sp³-hybridized carbons (Fsp3) is 0.364. The minimum atomic E-state index is -3.80. The first-order valence-electron chi connectivity index (χ1n) is 10.0. The van der Waals surface area contributed by atoms with Crippen LogP contribution in [0.3, 0.4) is 0 Å². The first kappa shape index (κ1) is 24.7. The summed E-state index contributed by atoms with van der Waals surface area (Å²) in [4.78, 5) is 27.5. The van der Waals surface area contributed by atoms with Gasteiger partial charge in [0.25, 0.3) is 0 Å². The van der Waals surface area contributed by atoms with Gasteiger partial charge in [-0.1, -0.05) is 61.0 Å². The summed E-state index contributed by atoms with van der Waals surface area (Å²) in [5.74, 6) is -0.773. The van der Waals surface area contributed by atoms with Crippen LogP contribution >= 0.6 is 11.6 Å². The molecule has 0 aliphatic carbocycles. The van der Waals surface area contributed by atoms with Crippen molar-refractivity contribution < 1.29 is 18.0 Å². The van der Waals surface area contributed by atoms with E-state index in [1.807, 2.05) is 37.3 Å². The first-order chi connectivity index (χ1) is 14.7. The molecule has 7 nitrogen and oxygen atoms in total. The molecule has 0 aliphatic heterocycles. The molecule has 0 heterocycles. The van der Waals surface area contributed by atoms with Crippen molar-refractivity contribution in [1.82, 2.24) is 10.2 Å². The van der Waals surface area contributed by atoms with Crippen molar-refractivity contribution in [3.63, 3.8) is 0 Å². The number of nitrogens with zero attached hydrogens (tertiary/aromatic N) is 2. The highest BCUT2D eigenvalue weighted by Gasteiger charge is 2.31. The van der Waals surface area contributed by atoms with Crippen molar-refractivity contribution in [1.29, 1.82) is 0 Å². The van der Waals surface area contributed by atoms with Crippen LogP contribution in [0, 0.1) is 0 Å². The predicted molar refractivity (Wildman–Crippen MR) is 123 cm³/mol. The van der Waals surface area contributed by atoms with Gasteiger partial charge in [-0.15, -0.1) is 0 Å². The van der Waals surface area contributed by atoms with E-state index in [4.69, 9.17) is 11.6 Å². The van der Waals surface area contributed by atoms with Gasteiger partial charge in [-0.3, -0.25) is 13.9 Å². The normalized spacial score (nSPS) is 12.1. The summed E-state index contributed by atoms with van der Waals surface area (Å²) in [5.41, 5.74) is 1.05. The molecule has 2 rings (SSSR count). The number of anilines is 1. The summed E-state index contributed by atoms with van der Waals surface area (Å²) < 4.78 is 26.0. The molecule has 31 heavy (non-hydrogen) atoms. The van der Waals surface area contributed by atoms with E-state index in [2.05, 4.69) is 5.32 Å². The smallest absolute Gasteiger partial charge is 0.244 e. The maximum Gasteiger partial charge on any atom is 0.244 e. The lowest BCUT2D eigenvalue weighted by atomic mass is 10.1. The molecule has 0 saturated carbocycles. The second-order valence-corrected chi connectivity index (χ2v) is 9.36. The Bertz CT molecular complexity index is 999. The Hall–Kier alpha value is -2.58.